The van der Waals surface area contributed by atoms with E-state index in [1.807, 2.05) is 0 Å². The second kappa shape index (κ2) is 11.4. The van der Waals surface area contributed by atoms with E-state index in [9.17, 15) is 18.8 Å². The van der Waals surface area contributed by atoms with E-state index in [2.05, 4.69) is 5.32 Å². The first-order chi connectivity index (χ1) is 19.4. The number of halogens is 1. The SMILES string of the molecule is COc1cccc(OC)c1C(=O)N1CCC2(CC1)OCC(C(=O)NCc1ccco1)N2C(=O)c1ccc(F)cc1. The Kier molecular flexibility index (Phi) is 7.74. The molecule has 0 aliphatic carbocycles. The Balaban J connectivity index is 1.38. The molecule has 0 radical (unpaired) electrons. The van der Waals surface area contributed by atoms with Crippen molar-refractivity contribution in [3.8, 4) is 11.5 Å². The van der Waals surface area contributed by atoms with Crippen LogP contribution in [0.3, 0.4) is 0 Å². The number of rotatable bonds is 7. The highest BCUT2D eigenvalue weighted by molar-refractivity contribution is 6.00. The van der Waals surface area contributed by atoms with Gasteiger partial charge >= 0.3 is 0 Å². The second-order valence-electron chi connectivity index (χ2n) is 9.58. The number of likely N-dealkylation sites (tertiary alicyclic amines) is 1. The highest BCUT2D eigenvalue weighted by Crippen LogP contribution is 2.40. The van der Waals surface area contributed by atoms with E-state index in [4.69, 9.17) is 18.6 Å². The number of carbonyl (C=O) groups is 3. The van der Waals surface area contributed by atoms with Gasteiger partial charge in [-0.3, -0.25) is 19.3 Å². The standard InChI is InChI=1S/C29H30FN3O7/c1-37-23-6-3-7-24(38-2)25(23)28(36)32-14-12-29(13-15-32)33(27(35)19-8-10-20(30)11-9-19)22(18-40-29)26(34)31-17-21-5-4-16-39-21/h3-11,16,22H,12-15,17-18H2,1-2H3,(H,31,34). The molecule has 1 spiro atoms. The molecule has 210 valence electrons. The average molecular weight is 552 g/mol. The second-order valence-corrected chi connectivity index (χ2v) is 9.58. The van der Waals surface area contributed by atoms with Crippen LogP contribution in [0.4, 0.5) is 4.39 Å². The predicted octanol–water partition coefficient (Wildman–Crippen LogP) is 3.23. The number of ether oxygens (including phenoxy) is 3. The zero-order valence-electron chi connectivity index (χ0n) is 22.2. The molecule has 2 aliphatic rings. The van der Waals surface area contributed by atoms with Gasteiger partial charge in [-0.25, -0.2) is 4.39 Å². The van der Waals surface area contributed by atoms with Crippen molar-refractivity contribution in [2.24, 2.45) is 0 Å². The summed E-state index contributed by atoms with van der Waals surface area (Å²) in [5.41, 5.74) is -0.586. The lowest BCUT2D eigenvalue weighted by Crippen LogP contribution is -2.59. The first-order valence-electron chi connectivity index (χ1n) is 12.9. The summed E-state index contributed by atoms with van der Waals surface area (Å²) >= 11 is 0. The fourth-order valence-corrected chi connectivity index (χ4v) is 5.28. The normalized spacial score (nSPS) is 18.0. The zero-order valence-corrected chi connectivity index (χ0v) is 22.2. The summed E-state index contributed by atoms with van der Waals surface area (Å²) in [7, 11) is 2.97. The molecule has 1 unspecified atom stereocenters. The third-order valence-electron chi connectivity index (χ3n) is 7.36. The number of hydrogen-bond donors (Lipinski definition) is 1. The molecule has 10 nitrogen and oxygen atoms in total. The molecular weight excluding hydrogens is 521 g/mol. The summed E-state index contributed by atoms with van der Waals surface area (Å²) in [4.78, 5) is 43.7. The van der Waals surface area contributed by atoms with Crippen LogP contribution >= 0.6 is 0 Å². The lowest BCUT2D eigenvalue weighted by atomic mass is 9.95. The number of carbonyl (C=O) groups excluding carboxylic acids is 3. The van der Waals surface area contributed by atoms with Crippen molar-refractivity contribution in [1.29, 1.82) is 0 Å². The van der Waals surface area contributed by atoms with Gasteiger partial charge in [0.25, 0.3) is 11.8 Å². The van der Waals surface area contributed by atoms with Gasteiger partial charge in [0.05, 0.1) is 33.6 Å². The molecule has 0 saturated carbocycles. The maximum absolute atomic E-state index is 13.8. The molecule has 11 heteroatoms. The van der Waals surface area contributed by atoms with Gasteiger partial charge in [-0.05, 0) is 48.5 Å². The highest BCUT2D eigenvalue weighted by atomic mass is 19.1. The summed E-state index contributed by atoms with van der Waals surface area (Å²) < 4.78 is 35.9. The predicted molar refractivity (Wildman–Crippen MR) is 140 cm³/mol. The molecule has 3 amide bonds. The Morgan fingerprint density at radius 1 is 0.975 bits per heavy atom. The largest absolute Gasteiger partial charge is 0.496 e. The highest BCUT2D eigenvalue weighted by Gasteiger charge is 2.54. The first-order valence-corrected chi connectivity index (χ1v) is 12.9. The number of methoxy groups -OCH3 is 2. The number of benzene rings is 2. The molecule has 0 bridgehead atoms. The topological polar surface area (TPSA) is 111 Å². The van der Waals surface area contributed by atoms with E-state index >= 15 is 0 Å². The van der Waals surface area contributed by atoms with E-state index in [-0.39, 0.29) is 50.6 Å². The summed E-state index contributed by atoms with van der Waals surface area (Å²) in [6.07, 6.45) is 2.05. The minimum Gasteiger partial charge on any atom is -0.496 e. The molecule has 3 aromatic rings. The van der Waals surface area contributed by atoms with Gasteiger partial charge in [-0.2, -0.15) is 0 Å². The molecule has 2 fully saturated rings. The van der Waals surface area contributed by atoms with Crippen molar-refractivity contribution in [2.75, 3.05) is 33.9 Å². The summed E-state index contributed by atoms with van der Waals surface area (Å²) in [5.74, 6) is -0.257. The number of nitrogens with one attached hydrogen (secondary N) is 1. The monoisotopic (exact) mass is 551 g/mol. The summed E-state index contributed by atoms with van der Waals surface area (Å²) in [6.45, 7) is 0.643. The number of hydrogen-bond acceptors (Lipinski definition) is 7. The lowest BCUT2D eigenvalue weighted by Gasteiger charge is -2.44. The molecule has 1 N–H and O–H groups in total. The zero-order chi connectivity index (χ0) is 28.3. The van der Waals surface area contributed by atoms with E-state index in [0.29, 0.717) is 22.8 Å². The van der Waals surface area contributed by atoms with Gasteiger partial charge in [0, 0.05) is 31.5 Å². The van der Waals surface area contributed by atoms with Gasteiger partial charge in [0.2, 0.25) is 5.91 Å². The molecule has 3 heterocycles. The van der Waals surface area contributed by atoms with Crippen LogP contribution in [0.1, 0.15) is 39.3 Å². The molecule has 1 atom stereocenters. The third kappa shape index (κ3) is 5.12. The van der Waals surface area contributed by atoms with Crippen molar-refractivity contribution in [2.45, 2.75) is 31.2 Å². The summed E-state index contributed by atoms with van der Waals surface area (Å²) in [5, 5.41) is 2.81. The molecule has 5 rings (SSSR count). The van der Waals surface area contributed by atoms with Gasteiger partial charge in [-0.15, -0.1) is 0 Å². The molecule has 2 saturated heterocycles. The Bertz CT molecular complexity index is 1350. The Hall–Kier alpha value is -4.38. The van der Waals surface area contributed by atoms with Crippen LogP contribution in [-0.2, 0) is 16.1 Å². The fraction of sp³-hybridized carbons (Fsp3) is 0.345. The number of amides is 3. The van der Waals surface area contributed by atoms with Crippen molar-refractivity contribution >= 4 is 17.7 Å². The van der Waals surface area contributed by atoms with Crippen LogP contribution in [-0.4, -0.2) is 73.2 Å². The average Bonchev–Trinajstić information content (AvgIpc) is 3.64. The van der Waals surface area contributed by atoms with Gasteiger partial charge in [0.1, 0.15) is 40.4 Å². The fourth-order valence-electron chi connectivity index (χ4n) is 5.28. The quantitative estimate of drug-likeness (QED) is 0.480. The van der Waals surface area contributed by atoms with Crippen LogP contribution in [0.5, 0.6) is 11.5 Å². The Morgan fingerprint density at radius 3 is 2.25 bits per heavy atom. The van der Waals surface area contributed by atoms with Crippen molar-refractivity contribution in [3.63, 3.8) is 0 Å². The molecular formula is C29H30FN3O7. The maximum Gasteiger partial charge on any atom is 0.261 e. The van der Waals surface area contributed by atoms with Crippen LogP contribution in [0, 0.1) is 5.82 Å². The van der Waals surface area contributed by atoms with Gasteiger partial charge in [0.15, 0.2) is 0 Å². The molecule has 2 aromatic carbocycles. The Labute approximate surface area is 230 Å². The van der Waals surface area contributed by atoms with E-state index in [1.54, 1.807) is 35.2 Å². The molecule has 1 aromatic heterocycles. The Morgan fingerprint density at radius 2 is 1.65 bits per heavy atom. The van der Waals surface area contributed by atoms with Crippen molar-refractivity contribution in [1.82, 2.24) is 15.1 Å². The van der Waals surface area contributed by atoms with E-state index in [0.717, 1.165) is 0 Å². The summed E-state index contributed by atoms with van der Waals surface area (Å²) in [6, 6.07) is 12.8. The van der Waals surface area contributed by atoms with E-state index < -0.39 is 29.4 Å². The number of piperidine rings is 1. The molecule has 2 aliphatic heterocycles. The number of nitrogens with zero attached hydrogens (tertiary/aromatic N) is 2. The number of furan rings is 1. The van der Waals surface area contributed by atoms with Crippen LogP contribution in [0.25, 0.3) is 0 Å². The minimum absolute atomic E-state index is 0.0226. The van der Waals surface area contributed by atoms with Crippen molar-refractivity contribution in [3.05, 3.63) is 83.6 Å². The molecule has 40 heavy (non-hydrogen) atoms. The van der Waals surface area contributed by atoms with Gasteiger partial charge < -0.3 is 28.8 Å². The first kappa shape index (κ1) is 27.2. The van der Waals surface area contributed by atoms with Crippen LogP contribution in [0.2, 0.25) is 0 Å². The van der Waals surface area contributed by atoms with Crippen LogP contribution < -0.4 is 14.8 Å². The van der Waals surface area contributed by atoms with E-state index in [1.165, 1.54) is 49.6 Å². The van der Waals surface area contributed by atoms with Gasteiger partial charge in [-0.1, -0.05) is 6.07 Å². The smallest absolute Gasteiger partial charge is 0.261 e. The minimum atomic E-state index is -1.13. The van der Waals surface area contributed by atoms with Crippen LogP contribution in [0.15, 0.2) is 65.3 Å². The third-order valence-corrected chi connectivity index (χ3v) is 7.36. The maximum atomic E-state index is 13.8. The lowest BCUT2D eigenvalue weighted by molar-refractivity contribution is -0.128. The van der Waals surface area contributed by atoms with Crippen molar-refractivity contribution < 1.29 is 37.4 Å².